The zero-order chi connectivity index (χ0) is 65.0. The van der Waals surface area contributed by atoms with Gasteiger partial charge in [0.05, 0.1) is 22.3 Å². The van der Waals surface area contributed by atoms with Crippen LogP contribution in [0.5, 0.6) is 34.8 Å². The minimum atomic E-state index is -0.391. The fourth-order valence-electron chi connectivity index (χ4n) is 9.61. The number of rotatable bonds is 10. The smallest absolute Gasteiger partial charge is 0.494 e. The van der Waals surface area contributed by atoms with Gasteiger partial charge in [-0.15, -0.1) is 0 Å². The molecule has 11 rings (SSSR count). The van der Waals surface area contributed by atoms with E-state index in [9.17, 15) is 10.2 Å². The Morgan fingerprint density at radius 3 is 1.21 bits per heavy atom. The molecule has 1 aliphatic heterocycles. The molecule has 16 heteroatoms. The highest BCUT2D eigenvalue weighted by atomic mass is 35.5. The maximum atomic E-state index is 11.6. The Morgan fingerprint density at radius 2 is 0.778 bits per heavy atom. The first-order chi connectivity index (χ1) is 42.3. The summed E-state index contributed by atoms with van der Waals surface area (Å²) in [7, 11) is -0.391. The van der Waals surface area contributed by atoms with Crippen molar-refractivity contribution >= 4 is 24.2 Å². The van der Waals surface area contributed by atoms with E-state index in [2.05, 4.69) is 120 Å². The van der Waals surface area contributed by atoms with Crippen LogP contribution in [0.3, 0.4) is 0 Å². The third kappa shape index (κ3) is 15.9. The molecule has 2 N–H and O–H groups in total. The van der Waals surface area contributed by atoms with Crippen LogP contribution in [0.2, 0.25) is 5.28 Å². The molecule has 0 bridgehead atoms. The minimum absolute atomic E-state index is 0.0957. The molecule has 0 unspecified atom stereocenters. The maximum Gasteiger partial charge on any atom is 0.494 e. The largest absolute Gasteiger partial charge is 0.507 e. The number of pyridine rings is 2. The van der Waals surface area contributed by atoms with Crippen LogP contribution in [-0.2, 0) is 31.0 Å². The molecule has 1 saturated heterocycles. The molecule has 6 aromatic carbocycles. The van der Waals surface area contributed by atoms with Gasteiger partial charge >= 0.3 is 7.12 Å². The predicted molar refractivity (Wildman–Crippen MR) is 361 cm³/mol. The van der Waals surface area contributed by atoms with Gasteiger partial charge in [-0.1, -0.05) is 192 Å². The third-order valence-corrected chi connectivity index (χ3v) is 15.7. The van der Waals surface area contributed by atoms with Crippen LogP contribution in [0.4, 0.5) is 0 Å². The Balaban J connectivity index is 0.000000168. The number of aromatic nitrogens is 8. The van der Waals surface area contributed by atoms with Crippen molar-refractivity contribution in [3.05, 3.63) is 210 Å². The van der Waals surface area contributed by atoms with Crippen molar-refractivity contribution in [3.8, 4) is 91.7 Å². The average molecular weight is 1220 g/mol. The molecule has 0 spiro atoms. The number of aromatic hydroxyl groups is 2. The molecule has 90 heavy (non-hydrogen) atoms. The molecular weight excluding hydrogens is 1140 g/mol. The molecule has 462 valence electrons. The molecule has 1 aliphatic rings. The second-order valence-electron chi connectivity index (χ2n) is 27.4. The van der Waals surface area contributed by atoms with Gasteiger partial charge in [-0.3, -0.25) is 0 Å². The van der Waals surface area contributed by atoms with E-state index in [0.29, 0.717) is 63.5 Å². The van der Waals surface area contributed by atoms with Crippen LogP contribution < -0.4 is 14.9 Å². The van der Waals surface area contributed by atoms with E-state index in [1.807, 2.05) is 179 Å². The minimum Gasteiger partial charge on any atom is -0.507 e. The Morgan fingerprint density at radius 1 is 0.400 bits per heavy atom. The van der Waals surface area contributed by atoms with Crippen LogP contribution >= 0.6 is 11.6 Å². The SMILES string of the molecule is CC(C)(C)c1cc(-c2nc(-c3ccccc3)nc(-c3cccc(Oc4ccccn4)c3)n2)c(O)c(C(C)(C)C)c1.CC(C)(C)c1cc(-c2nc(Cl)nc(-c3ccccc3)n2)c(O)c(C(C)(C)C)c1.CC1(C)OB(c2cccc(Oc3ccccn3)c2)OC1(C)C. The summed E-state index contributed by atoms with van der Waals surface area (Å²) in [5.41, 5.74) is 6.99. The van der Waals surface area contributed by atoms with Crippen molar-refractivity contribution in [2.24, 2.45) is 0 Å². The monoisotopic (exact) mass is 1220 g/mol. The molecule has 1 fully saturated rings. The fourth-order valence-corrected chi connectivity index (χ4v) is 9.77. The summed E-state index contributed by atoms with van der Waals surface area (Å²) < 4.78 is 23.9. The fraction of sp³-hybridized carbons (Fsp3) is 0.297. The number of phenols is 2. The van der Waals surface area contributed by atoms with Gasteiger partial charge < -0.3 is 29.0 Å². The average Bonchev–Trinajstić information content (AvgIpc) is 1.09. The summed E-state index contributed by atoms with van der Waals surface area (Å²) in [6, 6.07) is 53.9. The van der Waals surface area contributed by atoms with Gasteiger partial charge in [0.1, 0.15) is 23.0 Å². The summed E-state index contributed by atoms with van der Waals surface area (Å²) in [6.45, 7) is 33.6. The van der Waals surface area contributed by atoms with E-state index >= 15 is 0 Å². The van der Waals surface area contributed by atoms with Crippen LogP contribution in [0.15, 0.2) is 182 Å². The molecule has 5 heterocycles. The van der Waals surface area contributed by atoms with Crippen molar-refractivity contribution in [2.75, 3.05) is 0 Å². The lowest BCUT2D eigenvalue weighted by Gasteiger charge is -2.32. The molecule has 0 atom stereocenters. The molecule has 4 aromatic heterocycles. The summed E-state index contributed by atoms with van der Waals surface area (Å²) >= 11 is 6.22. The lowest BCUT2D eigenvalue weighted by molar-refractivity contribution is 0.00578. The molecular formula is C74H80BClN8O6. The summed E-state index contributed by atoms with van der Waals surface area (Å²) in [6.07, 6.45) is 3.39. The van der Waals surface area contributed by atoms with E-state index in [1.54, 1.807) is 18.5 Å². The summed E-state index contributed by atoms with van der Waals surface area (Å²) in [4.78, 5) is 36.2. The number of ether oxygens (including phenoxy) is 2. The quantitative estimate of drug-likeness (QED) is 0.123. The number of phenolic OH excluding ortho intramolecular Hbond substituents is 2. The van der Waals surface area contributed by atoms with Gasteiger partial charge in [0, 0.05) is 52.3 Å². The van der Waals surface area contributed by atoms with Crippen molar-refractivity contribution in [1.82, 2.24) is 39.9 Å². The van der Waals surface area contributed by atoms with Gasteiger partial charge in [0.2, 0.25) is 17.0 Å². The lowest BCUT2D eigenvalue weighted by Crippen LogP contribution is -2.41. The molecule has 0 saturated carbocycles. The van der Waals surface area contributed by atoms with E-state index in [0.717, 1.165) is 44.4 Å². The standard InChI is InChI=1S/C34H34N4O2.C23H26ClN3O.C17H20BNO3/c1-33(2,3)24-20-26(29(39)27(21-24)34(4,5)6)32-37-30(22-13-8-7-9-14-22)36-31(38-32)23-15-12-16-25(19-23)40-28-17-10-11-18-35-28;1-22(2,3)15-12-16(18(28)17(13-15)23(4,5)6)20-25-19(26-21(24)27-20)14-10-8-7-9-11-14;1-16(2)17(3,4)22-18(21-16)13-8-7-9-14(12-13)20-15-10-5-6-11-19-15/h7-21,39H,1-6H3;7-13,28H,1-6H3;5-12H,1-4H3. The van der Waals surface area contributed by atoms with E-state index in [1.165, 1.54) is 0 Å². The van der Waals surface area contributed by atoms with Gasteiger partial charge in [-0.2, -0.15) is 9.97 Å². The van der Waals surface area contributed by atoms with Crippen molar-refractivity contribution in [2.45, 2.75) is 144 Å². The number of nitrogens with zero attached hydrogens (tertiary/aromatic N) is 8. The van der Waals surface area contributed by atoms with Crippen LogP contribution in [0, 0.1) is 0 Å². The Kier molecular flexibility index (Phi) is 19.1. The number of halogens is 1. The highest BCUT2D eigenvalue weighted by Crippen LogP contribution is 2.44. The molecule has 14 nitrogen and oxygen atoms in total. The van der Waals surface area contributed by atoms with E-state index in [4.69, 9.17) is 45.3 Å². The molecule has 10 aromatic rings. The zero-order valence-corrected chi connectivity index (χ0v) is 55.1. The molecule has 0 amide bonds. The zero-order valence-electron chi connectivity index (χ0n) is 54.4. The maximum absolute atomic E-state index is 11.6. The normalized spacial score (nSPS) is 13.8. The summed E-state index contributed by atoms with van der Waals surface area (Å²) in [5.74, 6) is 5.02. The van der Waals surface area contributed by atoms with Crippen LogP contribution in [-0.4, -0.2) is 68.4 Å². The van der Waals surface area contributed by atoms with Gasteiger partial charge in [0.15, 0.2) is 29.1 Å². The lowest BCUT2D eigenvalue weighted by atomic mass is 9.79. The van der Waals surface area contributed by atoms with Crippen molar-refractivity contribution in [3.63, 3.8) is 0 Å². The second kappa shape index (κ2) is 26.3. The highest BCUT2D eigenvalue weighted by molar-refractivity contribution is 6.62. The topological polar surface area (TPSA) is 180 Å². The first-order valence-corrected chi connectivity index (χ1v) is 30.5. The second-order valence-corrected chi connectivity index (χ2v) is 27.7. The van der Waals surface area contributed by atoms with E-state index in [-0.39, 0.29) is 49.6 Å². The molecule has 0 radical (unpaired) electrons. The predicted octanol–water partition coefficient (Wildman–Crippen LogP) is 17.7. The number of hydrogen-bond acceptors (Lipinski definition) is 14. The third-order valence-electron chi connectivity index (χ3n) is 15.6. The van der Waals surface area contributed by atoms with Crippen molar-refractivity contribution < 1.29 is 29.0 Å². The van der Waals surface area contributed by atoms with Crippen molar-refractivity contribution in [1.29, 1.82) is 0 Å². The van der Waals surface area contributed by atoms with Gasteiger partial charge in [-0.05, 0) is 126 Å². The van der Waals surface area contributed by atoms with Crippen LogP contribution in [0.25, 0.3) is 56.9 Å². The molecule has 0 aliphatic carbocycles. The van der Waals surface area contributed by atoms with Gasteiger partial charge in [0.25, 0.3) is 0 Å². The number of hydrogen-bond donors (Lipinski definition) is 2. The summed E-state index contributed by atoms with van der Waals surface area (Å²) in [5, 5.41) is 22.7. The Hall–Kier alpha value is -8.89. The number of benzene rings is 6. The van der Waals surface area contributed by atoms with Crippen LogP contribution in [0.1, 0.15) is 133 Å². The first-order valence-electron chi connectivity index (χ1n) is 30.1. The Labute approximate surface area is 535 Å². The first kappa shape index (κ1) is 65.6. The van der Waals surface area contributed by atoms with E-state index < -0.39 is 7.12 Å². The Bertz CT molecular complexity index is 4100. The van der Waals surface area contributed by atoms with Gasteiger partial charge in [-0.25, -0.2) is 29.9 Å². The highest BCUT2D eigenvalue weighted by Gasteiger charge is 2.51.